The van der Waals surface area contributed by atoms with E-state index in [1.807, 2.05) is 43.3 Å². The minimum atomic E-state index is -0.281. The third-order valence-electron chi connectivity index (χ3n) is 4.79. The number of methoxy groups -OCH3 is 1. The van der Waals surface area contributed by atoms with Crippen LogP contribution in [-0.4, -0.2) is 25.5 Å². The lowest BCUT2D eigenvalue weighted by molar-refractivity contribution is -0.125. The van der Waals surface area contributed by atoms with Gasteiger partial charge in [0.15, 0.2) is 0 Å². The number of aryl methyl sites for hydroxylation is 1. The predicted octanol–water partition coefficient (Wildman–Crippen LogP) is 3.59. The van der Waals surface area contributed by atoms with E-state index in [2.05, 4.69) is 10.6 Å². The van der Waals surface area contributed by atoms with E-state index in [1.54, 1.807) is 13.2 Å². The van der Waals surface area contributed by atoms with Gasteiger partial charge in [0.25, 0.3) is 0 Å². The summed E-state index contributed by atoms with van der Waals surface area (Å²) in [5.41, 5.74) is 2.65. The molecule has 0 saturated heterocycles. The molecule has 2 aromatic carbocycles. The highest BCUT2D eigenvalue weighted by Gasteiger charge is 2.47. The maximum absolute atomic E-state index is 12.3. The van der Waals surface area contributed by atoms with Crippen molar-refractivity contribution >= 4 is 29.1 Å². The van der Waals surface area contributed by atoms with Crippen LogP contribution in [0.25, 0.3) is 0 Å². The standard InChI is InChI=1S/C21H23ClN2O3/c1-13-7-8-15(11-18(13)22)24-21(26)17-12-16(17)20(25)23-10-9-14-5-3-4-6-19(14)27-2/h3-8,11,16-17H,9-10,12H2,1-2H3,(H,23,25)(H,24,26). The maximum Gasteiger partial charge on any atom is 0.228 e. The van der Waals surface area contributed by atoms with Crippen LogP contribution in [0.2, 0.25) is 5.02 Å². The maximum atomic E-state index is 12.3. The van der Waals surface area contributed by atoms with Crippen molar-refractivity contribution in [3.05, 3.63) is 58.6 Å². The summed E-state index contributed by atoms with van der Waals surface area (Å²) in [6.45, 7) is 2.41. The first kappa shape index (κ1) is 19.2. The highest BCUT2D eigenvalue weighted by atomic mass is 35.5. The van der Waals surface area contributed by atoms with Gasteiger partial charge in [-0.3, -0.25) is 9.59 Å². The molecule has 2 atom stereocenters. The topological polar surface area (TPSA) is 67.4 Å². The largest absolute Gasteiger partial charge is 0.496 e. The zero-order valence-electron chi connectivity index (χ0n) is 15.4. The molecule has 0 aromatic heterocycles. The van der Waals surface area contributed by atoms with Gasteiger partial charge in [0.1, 0.15) is 5.75 Å². The number of carbonyl (C=O) groups is 2. The van der Waals surface area contributed by atoms with Crippen molar-refractivity contribution in [1.82, 2.24) is 5.32 Å². The number of halogens is 1. The molecular weight excluding hydrogens is 364 g/mol. The van der Waals surface area contributed by atoms with E-state index < -0.39 is 0 Å². The van der Waals surface area contributed by atoms with Crippen molar-refractivity contribution in [3.8, 4) is 5.75 Å². The van der Waals surface area contributed by atoms with Crippen molar-refractivity contribution in [1.29, 1.82) is 0 Å². The summed E-state index contributed by atoms with van der Waals surface area (Å²) in [5.74, 6) is 0.0545. The average Bonchev–Trinajstić information content (AvgIpc) is 3.46. The first-order chi connectivity index (χ1) is 13.0. The summed E-state index contributed by atoms with van der Waals surface area (Å²) in [5, 5.41) is 6.35. The highest BCUT2D eigenvalue weighted by molar-refractivity contribution is 6.31. The average molecular weight is 387 g/mol. The van der Waals surface area contributed by atoms with Gasteiger partial charge in [-0.15, -0.1) is 0 Å². The molecule has 2 unspecified atom stereocenters. The molecule has 0 spiro atoms. The zero-order chi connectivity index (χ0) is 19.4. The first-order valence-electron chi connectivity index (χ1n) is 8.96. The molecule has 0 heterocycles. The summed E-state index contributed by atoms with van der Waals surface area (Å²) in [4.78, 5) is 24.6. The van der Waals surface area contributed by atoms with Crippen LogP contribution in [-0.2, 0) is 16.0 Å². The van der Waals surface area contributed by atoms with Gasteiger partial charge in [-0.25, -0.2) is 0 Å². The van der Waals surface area contributed by atoms with Crippen molar-refractivity contribution in [3.63, 3.8) is 0 Å². The van der Waals surface area contributed by atoms with Crippen LogP contribution in [0, 0.1) is 18.8 Å². The fourth-order valence-corrected chi connectivity index (χ4v) is 3.22. The Balaban J connectivity index is 1.45. The molecule has 2 N–H and O–H groups in total. The van der Waals surface area contributed by atoms with Crippen molar-refractivity contribution < 1.29 is 14.3 Å². The highest BCUT2D eigenvalue weighted by Crippen LogP contribution is 2.39. The minimum absolute atomic E-state index is 0.0769. The van der Waals surface area contributed by atoms with Crippen LogP contribution >= 0.6 is 11.6 Å². The Labute approximate surface area is 164 Å². The molecule has 1 aliphatic carbocycles. The second kappa shape index (κ2) is 8.44. The normalized spacial score (nSPS) is 17.9. The van der Waals surface area contributed by atoms with Gasteiger partial charge in [-0.05, 0) is 49.1 Å². The Hall–Kier alpha value is -2.53. The molecule has 1 saturated carbocycles. The molecule has 0 bridgehead atoms. The number of rotatable bonds is 7. The second-order valence-electron chi connectivity index (χ2n) is 6.75. The van der Waals surface area contributed by atoms with Gasteiger partial charge in [0.05, 0.1) is 18.9 Å². The molecule has 0 aliphatic heterocycles. The molecule has 142 valence electrons. The Morgan fingerprint density at radius 3 is 2.63 bits per heavy atom. The predicted molar refractivity (Wildman–Crippen MR) is 106 cm³/mol. The van der Waals surface area contributed by atoms with Crippen LogP contribution in [0.5, 0.6) is 5.75 Å². The quantitative estimate of drug-likeness (QED) is 0.764. The van der Waals surface area contributed by atoms with Crippen LogP contribution in [0.1, 0.15) is 17.5 Å². The number of hydrogen-bond donors (Lipinski definition) is 2. The van der Waals surface area contributed by atoms with E-state index in [9.17, 15) is 9.59 Å². The number of amides is 2. The fraction of sp³-hybridized carbons (Fsp3) is 0.333. The molecule has 5 nitrogen and oxygen atoms in total. The van der Waals surface area contributed by atoms with Gasteiger partial charge in [-0.2, -0.15) is 0 Å². The summed E-state index contributed by atoms with van der Waals surface area (Å²) in [6, 6.07) is 13.1. The summed E-state index contributed by atoms with van der Waals surface area (Å²) >= 11 is 6.08. The van der Waals surface area contributed by atoms with Gasteiger partial charge in [0, 0.05) is 17.3 Å². The van der Waals surface area contributed by atoms with Crippen LogP contribution in [0.3, 0.4) is 0 Å². The number of benzene rings is 2. The van der Waals surface area contributed by atoms with E-state index in [4.69, 9.17) is 16.3 Å². The second-order valence-corrected chi connectivity index (χ2v) is 7.16. The summed E-state index contributed by atoms with van der Waals surface area (Å²) in [7, 11) is 1.63. The number of ether oxygens (including phenoxy) is 1. The van der Waals surface area contributed by atoms with Crippen LogP contribution in [0.15, 0.2) is 42.5 Å². The lowest BCUT2D eigenvalue weighted by atomic mass is 10.1. The number of anilines is 1. The molecule has 2 aromatic rings. The number of nitrogens with one attached hydrogen (secondary N) is 2. The Kier molecular flexibility index (Phi) is 6.01. The monoisotopic (exact) mass is 386 g/mol. The van der Waals surface area contributed by atoms with E-state index >= 15 is 0 Å². The van der Waals surface area contributed by atoms with Gasteiger partial charge in [0.2, 0.25) is 11.8 Å². The lowest BCUT2D eigenvalue weighted by Crippen LogP contribution is -2.29. The smallest absolute Gasteiger partial charge is 0.228 e. The number of hydrogen-bond acceptors (Lipinski definition) is 3. The summed E-state index contributed by atoms with van der Waals surface area (Å²) < 4.78 is 5.31. The molecule has 3 rings (SSSR count). The van der Waals surface area contributed by atoms with E-state index in [0.717, 1.165) is 16.9 Å². The van der Waals surface area contributed by atoms with Gasteiger partial charge in [-0.1, -0.05) is 35.9 Å². The Bertz CT molecular complexity index is 853. The molecule has 27 heavy (non-hydrogen) atoms. The van der Waals surface area contributed by atoms with Crippen molar-refractivity contribution in [2.24, 2.45) is 11.8 Å². The Morgan fingerprint density at radius 1 is 1.15 bits per heavy atom. The van der Waals surface area contributed by atoms with E-state index in [1.165, 1.54) is 0 Å². The lowest BCUT2D eigenvalue weighted by Gasteiger charge is -2.09. The number of carbonyl (C=O) groups excluding carboxylic acids is 2. The minimum Gasteiger partial charge on any atom is -0.496 e. The van der Waals surface area contributed by atoms with Gasteiger partial charge < -0.3 is 15.4 Å². The summed E-state index contributed by atoms with van der Waals surface area (Å²) in [6.07, 6.45) is 1.26. The third kappa shape index (κ3) is 4.80. The van der Waals surface area contributed by atoms with E-state index in [0.29, 0.717) is 30.1 Å². The van der Waals surface area contributed by atoms with Gasteiger partial charge >= 0.3 is 0 Å². The van der Waals surface area contributed by atoms with Crippen LogP contribution < -0.4 is 15.4 Å². The first-order valence-corrected chi connectivity index (χ1v) is 9.34. The third-order valence-corrected chi connectivity index (χ3v) is 5.20. The van der Waals surface area contributed by atoms with Crippen molar-refractivity contribution in [2.75, 3.05) is 19.0 Å². The van der Waals surface area contributed by atoms with Crippen molar-refractivity contribution in [2.45, 2.75) is 19.8 Å². The molecule has 1 aliphatic rings. The molecular formula is C21H23ClN2O3. The fourth-order valence-electron chi connectivity index (χ4n) is 3.04. The number of para-hydroxylation sites is 1. The SMILES string of the molecule is COc1ccccc1CCNC(=O)C1CC1C(=O)Nc1ccc(C)c(Cl)c1. The van der Waals surface area contributed by atoms with Crippen LogP contribution in [0.4, 0.5) is 5.69 Å². The zero-order valence-corrected chi connectivity index (χ0v) is 16.2. The molecule has 2 amide bonds. The molecule has 0 radical (unpaired) electrons. The molecule has 1 fully saturated rings. The van der Waals surface area contributed by atoms with E-state index in [-0.39, 0.29) is 23.7 Å². The Morgan fingerprint density at radius 2 is 1.89 bits per heavy atom. The molecule has 6 heteroatoms.